The average molecular weight is 832 g/mol. The van der Waals surface area contributed by atoms with E-state index in [1.807, 2.05) is 0 Å². The zero-order chi connectivity index (χ0) is 43.2. The van der Waals surface area contributed by atoms with Crippen LogP contribution in [-0.4, -0.2) is 153 Å². The van der Waals surface area contributed by atoms with E-state index < -0.39 is 23.9 Å². The summed E-state index contributed by atoms with van der Waals surface area (Å²) in [4.78, 5) is 83.8. The van der Waals surface area contributed by atoms with Gasteiger partial charge in [0.05, 0.1) is 51.7 Å². The number of amides is 7. The molecule has 7 amide bonds. The van der Waals surface area contributed by atoms with Crippen molar-refractivity contribution in [1.82, 2.24) is 37.2 Å². The Labute approximate surface area is 343 Å². The third-order valence-corrected chi connectivity index (χ3v) is 8.75. The number of primary amides is 2. The summed E-state index contributed by atoms with van der Waals surface area (Å²) in [6.45, 7) is 4.71. The molecule has 336 valence electrons. The average Bonchev–Trinajstić information content (AvgIpc) is 3.18. The first-order chi connectivity index (χ1) is 27.9. The summed E-state index contributed by atoms with van der Waals surface area (Å²) in [6.07, 6.45) is 7.85. The highest BCUT2D eigenvalue weighted by Gasteiger charge is 2.20. The van der Waals surface area contributed by atoms with Crippen molar-refractivity contribution in [3.8, 4) is 0 Å². The zero-order valence-electron chi connectivity index (χ0n) is 35.1. The van der Waals surface area contributed by atoms with E-state index in [-0.39, 0.29) is 114 Å². The van der Waals surface area contributed by atoms with Crippen LogP contribution in [0.3, 0.4) is 0 Å². The van der Waals surface area contributed by atoms with Crippen LogP contribution in [0.5, 0.6) is 0 Å². The first-order valence-electron chi connectivity index (χ1n) is 20.6. The number of hydrogen-bond acceptors (Lipinski definition) is 13. The number of carbonyl (C=O) groups excluding carboxylic acids is 7. The SMILES string of the molecule is CCCCC[C@H](NC(=O)CCCC(=O)NCCOCCOCC(=O)NCCOCCOCC(=O)NCCCC[C@H](NC)C(N)=O)C(=O)NCCCC[C@H](NC)C(N)=O. The van der Waals surface area contributed by atoms with Crippen LogP contribution in [0.15, 0.2) is 0 Å². The van der Waals surface area contributed by atoms with Gasteiger partial charge in [0.25, 0.3) is 0 Å². The van der Waals surface area contributed by atoms with Crippen LogP contribution >= 0.6 is 0 Å². The topological polar surface area (TPSA) is 293 Å². The normalized spacial score (nSPS) is 12.5. The maximum Gasteiger partial charge on any atom is 0.246 e. The molecule has 20 nitrogen and oxygen atoms in total. The van der Waals surface area contributed by atoms with Crippen molar-refractivity contribution in [2.45, 2.75) is 109 Å². The van der Waals surface area contributed by atoms with Crippen molar-refractivity contribution in [3.05, 3.63) is 0 Å². The molecule has 0 aromatic carbocycles. The first kappa shape index (κ1) is 54.0. The molecule has 0 aromatic heterocycles. The number of likely N-dealkylation sites (N-methyl/N-ethyl adjacent to an activating group) is 2. The number of hydrogen-bond donors (Lipinski definition) is 9. The maximum absolute atomic E-state index is 12.8. The lowest BCUT2D eigenvalue weighted by atomic mass is 10.1. The van der Waals surface area contributed by atoms with Crippen LogP contribution < -0.4 is 48.7 Å². The molecule has 0 rings (SSSR count). The lowest BCUT2D eigenvalue weighted by Gasteiger charge is -2.19. The molecule has 0 heterocycles. The summed E-state index contributed by atoms with van der Waals surface area (Å²) in [6, 6.07) is -1.42. The van der Waals surface area contributed by atoms with E-state index in [9.17, 15) is 33.6 Å². The fourth-order valence-corrected chi connectivity index (χ4v) is 5.40. The zero-order valence-corrected chi connectivity index (χ0v) is 35.1. The van der Waals surface area contributed by atoms with Gasteiger partial charge in [0, 0.05) is 39.0 Å². The molecule has 0 aliphatic rings. The summed E-state index contributed by atoms with van der Waals surface area (Å²) in [5.74, 6) is -2.11. The predicted molar refractivity (Wildman–Crippen MR) is 217 cm³/mol. The molecule has 0 spiro atoms. The van der Waals surface area contributed by atoms with Crippen molar-refractivity contribution in [3.63, 3.8) is 0 Å². The van der Waals surface area contributed by atoms with Crippen molar-refractivity contribution >= 4 is 41.4 Å². The molecule has 3 atom stereocenters. The minimum absolute atomic E-state index is 0.0909. The van der Waals surface area contributed by atoms with Crippen LogP contribution in [0.1, 0.15) is 90.4 Å². The molecule has 0 aliphatic carbocycles. The molecule has 0 fully saturated rings. The molecule has 0 saturated heterocycles. The van der Waals surface area contributed by atoms with Crippen molar-refractivity contribution < 1.29 is 52.5 Å². The minimum Gasteiger partial charge on any atom is -0.377 e. The Morgan fingerprint density at radius 1 is 0.466 bits per heavy atom. The van der Waals surface area contributed by atoms with E-state index in [0.29, 0.717) is 51.6 Å². The van der Waals surface area contributed by atoms with E-state index in [2.05, 4.69) is 44.1 Å². The summed E-state index contributed by atoms with van der Waals surface area (Å²) < 4.78 is 21.4. The fourth-order valence-electron chi connectivity index (χ4n) is 5.40. The minimum atomic E-state index is -0.650. The number of unbranched alkanes of at least 4 members (excludes halogenated alkanes) is 4. The van der Waals surface area contributed by atoms with Crippen molar-refractivity contribution in [1.29, 1.82) is 0 Å². The first-order valence-corrected chi connectivity index (χ1v) is 20.6. The molecule has 0 radical (unpaired) electrons. The summed E-state index contributed by atoms with van der Waals surface area (Å²) in [5.41, 5.74) is 10.6. The van der Waals surface area contributed by atoms with Crippen LogP contribution in [-0.2, 0) is 52.5 Å². The molecule has 58 heavy (non-hydrogen) atoms. The van der Waals surface area contributed by atoms with E-state index in [0.717, 1.165) is 32.1 Å². The lowest BCUT2D eigenvalue weighted by molar-refractivity contribution is -0.129. The van der Waals surface area contributed by atoms with Gasteiger partial charge in [0.15, 0.2) is 0 Å². The number of carbonyl (C=O) groups is 7. The number of ether oxygens (including phenoxy) is 4. The van der Waals surface area contributed by atoms with Gasteiger partial charge in [-0.1, -0.05) is 26.2 Å². The Morgan fingerprint density at radius 3 is 1.40 bits per heavy atom. The Hall–Kier alpha value is -3.95. The van der Waals surface area contributed by atoms with Crippen LogP contribution in [0, 0.1) is 0 Å². The summed E-state index contributed by atoms with van der Waals surface area (Å²) in [7, 11) is 3.35. The Bertz CT molecular complexity index is 1170. The molecule has 0 aliphatic heterocycles. The van der Waals surface area contributed by atoms with Gasteiger partial charge < -0.3 is 67.6 Å². The molecule has 20 heteroatoms. The van der Waals surface area contributed by atoms with E-state index in [1.165, 1.54) is 0 Å². The van der Waals surface area contributed by atoms with Gasteiger partial charge in [0.1, 0.15) is 19.3 Å². The summed E-state index contributed by atoms with van der Waals surface area (Å²) >= 11 is 0. The fraction of sp³-hybridized carbons (Fsp3) is 0.816. The van der Waals surface area contributed by atoms with Gasteiger partial charge >= 0.3 is 0 Å². The van der Waals surface area contributed by atoms with Gasteiger partial charge in [-0.3, -0.25) is 33.6 Å². The van der Waals surface area contributed by atoms with Crippen LogP contribution in [0.25, 0.3) is 0 Å². The smallest absolute Gasteiger partial charge is 0.246 e. The van der Waals surface area contributed by atoms with E-state index in [4.69, 9.17) is 30.4 Å². The third kappa shape index (κ3) is 32.1. The maximum atomic E-state index is 12.8. The Balaban J connectivity index is 3.84. The van der Waals surface area contributed by atoms with Gasteiger partial charge in [0.2, 0.25) is 41.4 Å². The van der Waals surface area contributed by atoms with E-state index >= 15 is 0 Å². The second-order valence-electron chi connectivity index (χ2n) is 13.6. The number of nitrogens with one attached hydrogen (secondary N) is 7. The van der Waals surface area contributed by atoms with Crippen LogP contribution in [0.4, 0.5) is 0 Å². The van der Waals surface area contributed by atoms with E-state index in [1.54, 1.807) is 14.1 Å². The molecule has 11 N–H and O–H groups in total. The molecule has 0 aromatic rings. The Kier molecular flexibility index (Phi) is 34.8. The third-order valence-electron chi connectivity index (χ3n) is 8.75. The van der Waals surface area contributed by atoms with Gasteiger partial charge in [-0.25, -0.2) is 0 Å². The molecule has 0 unspecified atom stereocenters. The highest BCUT2D eigenvalue weighted by Crippen LogP contribution is 2.06. The predicted octanol–water partition coefficient (Wildman–Crippen LogP) is -1.76. The standard InChI is InChI=1S/C38H73N9O11/c1-4-5-6-14-31(38(54)46-18-10-8-13-30(42-3)37(40)53)47-33(49)16-11-15-32(48)44-19-21-55-23-26-58-28-35(51)45-20-22-56-24-25-57-27-34(50)43-17-9-7-12-29(41-2)36(39)52/h29-31,41-42H,4-28H2,1-3H3,(H2,39,52)(H2,40,53)(H,43,50)(H,44,48)(H,45,51)(H,46,54)(H,47,49)/t29-,30-,31-/m0/s1. The van der Waals surface area contributed by atoms with Crippen molar-refractivity contribution in [2.75, 3.05) is 93.1 Å². The van der Waals surface area contributed by atoms with Crippen LogP contribution in [0.2, 0.25) is 0 Å². The molecule has 0 bridgehead atoms. The van der Waals surface area contributed by atoms with Gasteiger partial charge in [-0.2, -0.15) is 0 Å². The number of rotatable bonds is 40. The monoisotopic (exact) mass is 832 g/mol. The highest BCUT2D eigenvalue weighted by molar-refractivity contribution is 5.87. The Morgan fingerprint density at radius 2 is 0.897 bits per heavy atom. The highest BCUT2D eigenvalue weighted by atomic mass is 16.5. The largest absolute Gasteiger partial charge is 0.377 e. The quantitative estimate of drug-likeness (QED) is 0.0310. The van der Waals surface area contributed by atoms with Gasteiger partial charge in [-0.05, 0) is 65.5 Å². The lowest BCUT2D eigenvalue weighted by Crippen LogP contribution is -2.47. The molecular weight excluding hydrogens is 758 g/mol. The number of nitrogens with two attached hydrogens (primary N) is 2. The van der Waals surface area contributed by atoms with Crippen molar-refractivity contribution in [2.24, 2.45) is 11.5 Å². The molecule has 0 saturated carbocycles. The second-order valence-corrected chi connectivity index (χ2v) is 13.6. The van der Waals surface area contributed by atoms with Gasteiger partial charge in [-0.15, -0.1) is 0 Å². The second kappa shape index (κ2) is 37.3. The molecular formula is C38H73N9O11. The summed E-state index contributed by atoms with van der Waals surface area (Å²) in [5, 5.41) is 19.5.